The van der Waals surface area contributed by atoms with Gasteiger partial charge in [0.2, 0.25) is 0 Å². The summed E-state index contributed by atoms with van der Waals surface area (Å²) in [6.07, 6.45) is -0.431. The molecule has 1 heterocycles. The average Bonchev–Trinajstić information content (AvgIpc) is 2.44. The highest BCUT2D eigenvalue weighted by Gasteiger charge is 2.21. The first-order chi connectivity index (χ1) is 10.0. The number of aryl methyl sites for hydroxylation is 1. The first-order valence-corrected chi connectivity index (χ1v) is 6.65. The SMILES string of the molecule is CCOC(c1ccccc1)c1nc(C)c(C(N)=O)c(N)n1. The molecule has 0 bridgehead atoms. The zero-order chi connectivity index (χ0) is 15.4. The van der Waals surface area contributed by atoms with Gasteiger partial charge in [-0.2, -0.15) is 0 Å². The van der Waals surface area contributed by atoms with Crippen molar-refractivity contribution in [2.24, 2.45) is 5.73 Å². The van der Waals surface area contributed by atoms with Crippen molar-refractivity contribution in [3.8, 4) is 0 Å². The Morgan fingerprint density at radius 1 is 1.29 bits per heavy atom. The minimum absolute atomic E-state index is 0.0747. The van der Waals surface area contributed by atoms with Crippen LogP contribution in [-0.4, -0.2) is 22.5 Å². The number of hydrogen-bond donors (Lipinski definition) is 2. The zero-order valence-electron chi connectivity index (χ0n) is 12.0. The lowest BCUT2D eigenvalue weighted by molar-refractivity contribution is 0.0849. The zero-order valence-corrected chi connectivity index (χ0v) is 12.0. The van der Waals surface area contributed by atoms with Crippen LogP contribution in [0.15, 0.2) is 30.3 Å². The molecule has 0 radical (unpaired) electrons. The molecule has 0 aliphatic carbocycles. The molecule has 1 aromatic carbocycles. The number of ether oxygens (including phenoxy) is 1. The van der Waals surface area contributed by atoms with Crippen molar-refractivity contribution in [1.29, 1.82) is 0 Å². The van der Waals surface area contributed by atoms with Crippen LogP contribution in [0.25, 0.3) is 0 Å². The second-order valence-corrected chi connectivity index (χ2v) is 4.54. The van der Waals surface area contributed by atoms with Gasteiger partial charge in [-0.15, -0.1) is 0 Å². The summed E-state index contributed by atoms with van der Waals surface area (Å²) in [5, 5.41) is 0. The highest BCUT2D eigenvalue weighted by atomic mass is 16.5. The minimum Gasteiger partial charge on any atom is -0.383 e. The van der Waals surface area contributed by atoms with Gasteiger partial charge in [-0.25, -0.2) is 9.97 Å². The molecule has 2 rings (SSSR count). The Hall–Kier alpha value is -2.47. The molecular formula is C15H18N4O2. The van der Waals surface area contributed by atoms with Crippen LogP contribution in [0, 0.1) is 6.92 Å². The minimum atomic E-state index is -0.635. The highest BCUT2D eigenvalue weighted by molar-refractivity contribution is 5.98. The maximum absolute atomic E-state index is 11.4. The van der Waals surface area contributed by atoms with E-state index in [2.05, 4.69) is 9.97 Å². The molecule has 1 atom stereocenters. The normalized spacial score (nSPS) is 12.1. The van der Waals surface area contributed by atoms with Crippen molar-refractivity contribution >= 4 is 11.7 Å². The van der Waals surface area contributed by atoms with Crippen LogP contribution in [0.5, 0.6) is 0 Å². The fraction of sp³-hybridized carbons (Fsp3) is 0.267. The summed E-state index contributed by atoms with van der Waals surface area (Å²) in [7, 11) is 0. The quantitative estimate of drug-likeness (QED) is 0.868. The van der Waals surface area contributed by atoms with Crippen LogP contribution in [-0.2, 0) is 4.74 Å². The lowest BCUT2D eigenvalue weighted by Gasteiger charge is -2.17. The van der Waals surface area contributed by atoms with E-state index in [0.29, 0.717) is 18.1 Å². The van der Waals surface area contributed by atoms with Crippen molar-refractivity contribution in [1.82, 2.24) is 9.97 Å². The van der Waals surface area contributed by atoms with E-state index in [-0.39, 0.29) is 11.4 Å². The van der Waals surface area contributed by atoms with Crippen molar-refractivity contribution in [2.45, 2.75) is 20.0 Å². The third kappa shape index (κ3) is 3.17. The summed E-state index contributed by atoms with van der Waals surface area (Å²) >= 11 is 0. The Labute approximate surface area is 123 Å². The molecule has 0 aliphatic rings. The first-order valence-electron chi connectivity index (χ1n) is 6.65. The van der Waals surface area contributed by atoms with E-state index in [1.807, 2.05) is 37.3 Å². The lowest BCUT2D eigenvalue weighted by atomic mass is 10.1. The number of aromatic nitrogens is 2. The molecule has 1 amide bonds. The van der Waals surface area contributed by atoms with Crippen molar-refractivity contribution in [3.63, 3.8) is 0 Å². The number of primary amides is 1. The molecule has 0 saturated carbocycles. The number of anilines is 1. The number of benzene rings is 1. The Kier molecular flexibility index (Phi) is 4.49. The van der Waals surface area contributed by atoms with Crippen LogP contribution in [0.1, 0.15) is 40.5 Å². The van der Waals surface area contributed by atoms with Gasteiger partial charge in [-0.1, -0.05) is 30.3 Å². The van der Waals surface area contributed by atoms with Gasteiger partial charge in [-0.3, -0.25) is 4.79 Å². The van der Waals surface area contributed by atoms with Crippen molar-refractivity contribution < 1.29 is 9.53 Å². The summed E-state index contributed by atoms with van der Waals surface area (Å²) < 4.78 is 5.73. The van der Waals surface area contributed by atoms with Gasteiger partial charge in [0, 0.05) is 6.61 Å². The van der Waals surface area contributed by atoms with Gasteiger partial charge in [0.05, 0.1) is 5.69 Å². The summed E-state index contributed by atoms with van der Waals surface area (Å²) in [5.41, 5.74) is 12.6. The monoisotopic (exact) mass is 286 g/mol. The van der Waals surface area contributed by atoms with E-state index in [9.17, 15) is 4.79 Å². The number of nitrogens with two attached hydrogens (primary N) is 2. The number of carbonyl (C=O) groups is 1. The summed E-state index contributed by atoms with van der Waals surface area (Å²) in [4.78, 5) is 19.9. The molecule has 6 heteroatoms. The number of carbonyl (C=O) groups excluding carboxylic acids is 1. The van der Waals surface area contributed by atoms with E-state index in [0.717, 1.165) is 5.56 Å². The van der Waals surface area contributed by atoms with Crippen LogP contribution in [0.3, 0.4) is 0 Å². The maximum Gasteiger partial charge on any atom is 0.254 e. The van der Waals surface area contributed by atoms with Crippen LogP contribution in [0.4, 0.5) is 5.82 Å². The second kappa shape index (κ2) is 6.32. The van der Waals surface area contributed by atoms with Crippen molar-refractivity contribution in [2.75, 3.05) is 12.3 Å². The summed E-state index contributed by atoms with van der Waals surface area (Å²) in [6, 6.07) is 9.60. The molecule has 6 nitrogen and oxygen atoms in total. The largest absolute Gasteiger partial charge is 0.383 e. The third-order valence-electron chi connectivity index (χ3n) is 3.05. The van der Waals surface area contributed by atoms with E-state index >= 15 is 0 Å². The molecule has 110 valence electrons. The standard InChI is InChI=1S/C15H18N4O2/c1-3-21-12(10-7-5-4-6-8-10)15-18-9(2)11(14(17)20)13(16)19-15/h4-8,12H,3H2,1-2H3,(H2,17,20)(H2,16,18,19). The molecule has 1 unspecified atom stereocenters. The smallest absolute Gasteiger partial charge is 0.254 e. The number of rotatable bonds is 5. The molecule has 0 aliphatic heterocycles. The fourth-order valence-corrected chi connectivity index (χ4v) is 2.15. The van der Waals surface area contributed by atoms with Crippen LogP contribution >= 0.6 is 0 Å². The average molecular weight is 286 g/mol. The Morgan fingerprint density at radius 2 is 1.95 bits per heavy atom. The summed E-state index contributed by atoms with van der Waals surface area (Å²) in [6.45, 7) is 4.07. The summed E-state index contributed by atoms with van der Waals surface area (Å²) in [5.74, 6) is -0.141. The van der Waals surface area contributed by atoms with Gasteiger partial charge in [-0.05, 0) is 19.4 Å². The molecule has 0 spiro atoms. The lowest BCUT2D eigenvalue weighted by Crippen LogP contribution is -2.20. The molecule has 2 aromatic rings. The highest BCUT2D eigenvalue weighted by Crippen LogP contribution is 2.25. The van der Waals surface area contributed by atoms with Gasteiger partial charge in [0.1, 0.15) is 17.5 Å². The van der Waals surface area contributed by atoms with Gasteiger partial charge >= 0.3 is 0 Å². The predicted octanol–water partition coefficient (Wildman–Crippen LogP) is 1.59. The molecule has 0 fully saturated rings. The van der Waals surface area contributed by atoms with Gasteiger partial charge in [0.15, 0.2) is 5.82 Å². The fourth-order valence-electron chi connectivity index (χ4n) is 2.15. The predicted molar refractivity (Wildman–Crippen MR) is 79.6 cm³/mol. The Balaban J connectivity index is 2.49. The van der Waals surface area contributed by atoms with Gasteiger partial charge in [0.25, 0.3) is 5.91 Å². The molecule has 4 N–H and O–H groups in total. The molecular weight excluding hydrogens is 268 g/mol. The number of nitrogen functional groups attached to an aromatic ring is 1. The van der Waals surface area contributed by atoms with Crippen LogP contribution < -0.4 is 11.5 Å². The Morgan fingerprint density at radius 3 is 2.48 bits per heavy atom. The molecule has 21 heavy (non-hydrogen) atoms. The van der Waals surface area contributed by atoms with E-state index in [1.165, 1.54) is 0 Å². The number of hydrogen-bond acceptors (Lipinski definition) is 5. The number of amides is 1. The maximum atomic E-state index is 11.4. The second-order valence-electron chi connectivity index (χ2n) is 4.54. The molecule has 1 aromatic heterocycles. The molecule has 0 saturated heterocycles. The first kappa shape index (κ1) is 14.9. The third-order valence-corrected chi connectivity index (χ3v) is 3.05. The van der Waals surface area contributed by atoms with E-state index in [4.69, 9.17) is 16.2 Å². The van der Waals surface area contributed by atoms with E-state index in [1.54, 1.807) is 6.92 Å². The Bertz CT molecular complexity index is 620. The van der Waals surface area contributed by atoms with Crippen molar-refractivity contribution in [3.05, 3.63) is 53.0 Å². The van der Waals surface area contributed by atoms with Gasteiger partial charge < -0.3 is 16.2 Å². The number of nitrogens with zero attached hydrogens (tertiary/aromatic N) is 2. The van der Waals surface area contributed by atoms with E-state index < -0.39 is 12.0 Å². The van der Waals surface area contributed by atoms with Crippen LogP contribution in [0.2, 0.25) is 0 Å². The topological polar surface area (TPSA) is 104 Å².